The first-order valence-electron chi connectivity index (χ1n) is 8.97. The maximum absolute atomic E-state index is 12.2. The molecule has 0 radical (unpaired) electrons. The Labute approximate surface area is 161 Å². The summed E-state index contributed by atoms with van der Waals surface area (Å²) < 4.78 is 17.9. The molecule has 3 heterocycles. The summed E-state index contributed by atoms with van der Waals surface area (Å²) in [6.45, 7) is 1.12. The Balaban J connectivity index is 1.33. The summed E-state index contributed by atoms with van der Waals surface area (Å²) in [6, 6.07) is 8.89. The van der Waals surface area contributed by atoms with E-state index in [-0.39, 0.29) is 36.0 Å². The van der Waals surface area contributed by atoms with E-state index in [0.29, 0.717) is 19.8 Å². The number of benzene rings is 1. The third-order valence-electron chi connectivity index (χ3n) is 4.88. The van der Waals surface area contributed by atoms with Crippen molar-refractivity contribution in [3.8, 4) is 0 Å². The van der Waals surface area contributed by atoms with Crippen molar-refractivity contribution < 1.29 is 23.8 Å². The number of carbonyl (C=O) groups excluding carboxylic acids is 2. The second-order valence-electron chi connectivity index (χ2n) is 6.66. The summed E-state index contributed by atoms with van der Waals surface area (Å²) in [5, 5.41) is 13.5. The summed E-state index contributed by atoms with van der Waals surface area (Å²) in [5.41, 5.74) is 1.14. The van der Waals surface area contributed by atoms with Gasteiger partial charge in [-0.2, -0.15) is 0 Å². The van der Waals surface area contributed by atoms with Gasteiger partial charge in [0.25, 0.3) is 0 Å². The number of methoxy groups -OCH3 is 1. The summed E-state index contributed by atoms with van der Waals surface area (Å²) in [6.07, 6.45) is 0.934. The van der Waals surface area contributed by atoms with Crippen molar-refractivity contribution >= 4 is 12.0 Å². The minimum absolute atomic E-state index is 0.124. The van der Waals surface area contributed by atoms with Gasteiger partial charge in [0, 0.05) is 6.54 Å². The third-order valence-corrected chi connectivity index (χ3v) is 4.88. The Kier molecular flexibility index (Phi) is 5.22. The summed E-state index contributed by atoms with van der Waals surface area (Å²) in [7, 11) is 1.29. The van der Waals surface area contributed by atoms with E-state index in [0.717, 1.165) is 5.56 Å². The lowest BCUT2D eigenvalue weighted by molar-refractivity contribution is 0.0592. The van der Waals surface area contributed by atoms with Gasteiger partial charge in [-0.25, -0.2) is 14.3 Å². The molecule has 2 aliphatic rings. The van der Waals surface area contributed by atoms with Crippen LogP contribution >= 0.6 is 0 Å². The molecule has 2 fully saturated rings. The molecule has 0 unspecified atom stereocenters. The number of hydrogen-bond acceptors (Lipinski definition) is 7. The second kappa shape index (κ2) is 7.95. The lowest BCUT2D eigenvalue weighted by Gasteiger charge is -2.18. The molecule has 4 atom stereocenters. The number of nitrogens with zero attached hydrogens (tertiary/aromatic N) is 3. The molecule has 1 aromatic carbocycles. The highest BCUT2D eigenvalue weighted by Crippen LogP contribution is 2.33. The number of rotatable bonds is 5. The maximum atomic E-state index is 12.2. The number of ether oxygens (including phenoxy) is 3. The van der Waals surface area contributed by atoms with E-state index in [9.17, 15) is 9.59 Å². The van der Waals surface area contributed by atoms with Crippen LogP contribution in [0.4, 0.5) is 4.79 Å². The van der Waals surface area contributed by atoms with Gasteiger partial charge in [-0.15, -0.1) is 5.10 Å². The lowest BCUT2D eigenvalue weighted by atomic mass is 10.1. The number of amides is 2. The van der Waals surface area contributed by atoms with Gasteiger partial charge in [-0.05, 0) is 5.56 Å². The van der Waals surface area contributed by atoms with Gasteiger partial charge in [0.1, 0.15) is 18.2 Å². The first kappa shape index (κ1) is 18.4. The average molecular weight is 387 g/mol. The van der Waals surface area contributed by atoms with Crippen molar-refractivity contribution in [1.29, 1.82) is 0 Å². The molecule has 4 rings (SSSR count). The average Bonchev–Trinajstić information content (AvgIpc) is 3.44. The SMILES string of the molecule is COC(=O)c1cn([C@@H]2CO[C@@H]3[C@@H]2OC[C@@H]3NC(=O)NCc2ccccc2)nn1. The van der Waals surface area contributed by atoms with Crippen LogP contribution < -0.4 is 10.6 Å². The van der Waals surface area contributed by atoms with Gasteiger partial charge in [-0.1, -0.05) is 35.5 Å². The Hall–Kier alpha value is -2.98. The number of aromatic nitrogens is 3. The van der Waals surface area contributed by atoms with Gasteiger partial charge in [0.15, 0.2) is 5.69 Å². The van der Waals surface area contributed by atoms with Crippen LogP contribution in [0.3, 0.4) is 0 Å². The standard InChI is InChI=1S/C18H21N5O5/c1-26-17(24)12-8-23(22-21-12)14-10-28-15-13(9-27-16(14)15)20-18(25)19-7-11-5-3-2-4-6-11/h2-6,8,13-16H,7,9-10H2,1H3,(H2,19,20,25)/t13-,14+,15-,16+/m0/s1. The molecule has 2 amide bonds. The van der Waals surface area contributed by atoms with Crippen LogP contribution in [0.25, 0.3) is 0 Å². The fraction of sp³-hybridized carbons (Fsp3) is 0.444. The fourth-order valence-electron chi connectivity index (χ4n) is 3.46. The highest BCUT2D eigenvalue weighted by atomic mass is 16.6. The monoisotopic (exact) mass is 387 g/mol. The Morgan fingerprint density at radius 3 is 2.79 bits per heavy atom. The highest BCUT2D eigenvalue weighted by Gasteiger charge is 2.49. The first-order valence-corrected chi connectivity index (χ1v) is 8.97. The molecule has 0 bridgehead atoms. The number of fused-ring (bicyclic) bond motifs is 1. The Morgan fingerprint density at radius 2 is 2.00 bits per heavy atom. The van der Waals surface area contributed by atoms with Gasteiger partial charge in [0.2, 0.25) is 0 Å². The Morgan fingerprint density at radius 1 is 1.21 bits per heavy atom. The van der Waals surface area contributed by atoms with E-state index in [2.05, 4.69) is 25.7 Å². The molecule has 28 heavy (non-hydrogen) atoms. The maximum Gasteiger partial charge on any atom is 0.360 e. The predicted octanol–water partition coefficient (Wildman–Crippen LogP) is 0.271. The molecule has 0 saturated carbocycles. The summed E-state index contributed by atoms with van der Waals surface area (Å²) >= 11 is 0. The minimum Gasteiger partial charge on any atom is -0.464 e. The number of urea groups is 1. The number of carbonyl (C=O) groups is 2. The van der Waals surface area contributed by atoms with Crippen molar-refractivity contribution in [2.24, 2.45) is 0 Å². The van der Waals surface area contributed by atoms with Crippen molar-refractivity contribution in [3.05, 3.63) is 47.8 Å². The molecular formula is C18H21N5O5. The van der Waals surface area contributed by atoms with Crippen LogP contribution in [0.2, 0.25) is 0 Å². The van der Waals surface area contributed by atoms with E-state index in [1.807, 2.05) is 30.3 Å². The zero-order valence-electron chi connectivity index (χ0n) is 15.3. The van der Waals surface area contributed by atoms with Crippen LogP contribution in [0.15, 0.2) is 36.5 Å². The van der Waals surface area contributed by atoms with Gasteiger partial charge in [-0.3, -0.25) is 0 Å². The van der Waals surface area contributed by atoms with Gasteiger partial charge in [0.05, 0.1) is 32.6 Å². The van der Waals surface area contributed by atoms with Crippen LogP contribution in [0.5, 0.6) is 0 Å². The van der Waals surface area contributed by atoms with Crippen molar-refractivity contribution in [2.75, 3.05) is 20.3 Å². The highest BCUT2D eigenvalue weighted by molar-refractivity contribution is 5.86. The van der Waals surface area contributed by atoms with Crippen molar-refractivity contribution in [1.82, 2.24) is 25.6 Å². The molecule has 2 aromatic rings. The quantitative estimate of drug-likeness (QED) is 0.708. The van der Waals surface area contributed by atoms with Crippen LogP contribution in [0, 0.1) is 0 Å². The summed E-state index contributed by atoms with van der Waals surface area (Å²) in [5.74, 6) is -0.552. The fourth-order valence-corrected chi connectivity index (χ4v) is 3.46. The van der Waals surface area contributed by atoms with Gasteiger partial charge < -0.3 is 24.8 Å². The minimum atomic E-state index is -0.552. The van der Waals surface area contributed by atoms with Crippen molar-refractivity contribution in [2.45, 2.75) is 30.8 Å². The van der Waals surface area contributed by atoms with Crippen LogP contribution in [0.1, 0.15) is 22.1 Å². The van der Waals surface area contributed by atoms with E-state index in [1.54, 1.807) is 4.68 Å². The number of esters is 1. The smallest absolute Gasteiger partial charge is 0.360 e. The van der Waals surface area contributed by atoms with E-state index in [4.69, 9.17) is 9.47 Å². The largest absolute Gasteiger partial charge is 0.464 e. The van der Waals surface area contributed by atoms with Gasteiger partial charge >= 0.3 is 12.0 Å². The van der Waals surface area contributed by atoms with E-state index in [1.165, 1.54) is 13.3 Å². The molecule has 10 heteroatoms. The molecule has 148 valence electrons. The zero-order valence-corrected chi connectivity index (χ0v) is 15.3. The second-order valence-corrected chi connectivity index (χ2v) is 6.66. The van der Waals surface area contributed by atoms with E-state index >= 15 is 0 Å². The first-order chi connectivity index (χ1) is 13.7. The zero-order chi connectivity index (χ0) is 19.5. The molecule has 2 aliphatic heterocycles. The van der Waals surface area contributed by atoms with Crippen LogP contribution in [-0.2, 0) is 20.8 Å². The molecule has 0 spiro atoms. The predicted molar refractivity (Wildman–Crippen MR) is 95.5 cm³/mol. The van der Waals surface area contributed by atoms with Crippen molar-refractivity contribution in [3.63, 3.8) is 0 Å². The Bertz CT molecular complexity index is 842. The number of nitrogens with one attached hydrogen (secondary N) is 2. The molecule has 2 N–H and O–H groups in total. The lowest BCUT2D eigenvalue weighted by Crippen LogP contribution is -2.48. The normalized spacial score (nSPS) is 25.9. The molecule has 10 nitrogen and oxygen atoms in total. The molecule has 2 saturated heterocycles. The molecule has 0 aliphatic carbocycles. The third kappa shape index (κ3) is 3.69. The molecular weight excluding hydrogens is 366 g/mol. The number of hydrogen-bond donors (Lipinski definition) is 2. The summed E-state index contributed by atoms with van der Waals surface area (Å²) in [4.78, 5) is 23.8. The topological polar surface area (TPSA) is 117 Å². The van der Waals surface area contributed by atoms with Crippen LogP contribution in [-0.4, -0.2) is 65.6 Å². The van der Waals surface area contributed by atoms with E-state index < -0.39 is 5.97 Å². The molecule has 1 aromatic heterocycles.